The van der Waals surface area contributed by atoms with Gasteiger partial charge in [-0.1, -0.05) is 98.6 Å². The maximum atomic E-state index is 13.9. The van der Waals surface area contributed by atoms with E-state index in [0.29, 0.717) is 5.56 Å². The number of nitrogens with zero attached hydrogens (tertiary/aromatic N) is 1. The summed E-state index contributed by atoms with van der Waals surface area (Å²) in [6.45, 7) is 7.89. The number of amides is 2. The minimum Gasteiger partial charge on any atom is -0.337 e. The summed E-state index contributed by atoms with van der Waals surface area (Å²) in [7, 11) is 0. The smallest absolute Gasteiger partial charge is 0.337 e. The number of hydrogen-bond acceptors (Lipinski definition) is 2. The fraction of sp³-hybridized carbons (Fsp3) is 0.379. The predicted molar refractivity (Wildman–Crippen MR) is 145 cm³/mol. The van der Waals surface area contributed by atoms with E-state index in [-0.39, 0.29) is 30.0 Å². The van der Waals surface area contributed by atoms with E-state index in [4.69, 9.17) is 23.2 Å². The van der Waals surface area contributed by atoms with Crippen LogP contribution in [0.3, 0.4) is 0 Å². The molecule has 0 aliphatic heterocycles. The van der Waals surface area contributed by atoms with Crippen molar-refractivity contribution in [1.82, 2.24) is 10.2 Å². The standard InChI is InChI=1S/C29H31Cl2F3N2O2/c1-19(37)35-28(31)24(9-6-10-25(28)30)26(38)36(18-21-11-13-22(14-12-21)27(2,3)4)16-15-20-7-5-8-23(17-20)29(32,33)34/h5-14,17,24H,15-16,18H2,1-4H3,(H,35,37). The number of benzene rings is 2. The molecule has 2 aromatic rings. The Labute approximate surface area is 231 Å². The highest BCUT2D eigenvalue weighted by Crippen LogP contribution is 2.39. The third-order valence-electron chi connectivity index (χ3n) is 6.38. The first-order valence-electron chi connectivity index (χ1n) is 12.2. The van der Waals surface area contributed by atoms with Crippen LogP contribution in [-0.2, 0) is 34.1 Å². The Balaban J connectivity index is 1.92. The molecule has 1 aliphatic carbocycles. The molecule has 2 amide bonds. The van der Waals surface area contributed by atoms with E-state index >= 15 is 0 Å². The average molecular weight is 567 g/mol. The zero-order chi connectivity index (χ0) is 28.3. The third kappa shape index (κ3) is 7.20. The summed E-state index contributed by atoms with van der Waals surface area (Å²) >= 11 is 13.1. The summed E-state index contributed by atoms with van der Waals surface area (Å²) in [5.74, 6) is -1.91. The molecule has 0 spiro atoms. The largest absolute Gasteiger partial charge is 0.416 e. The fourth-order valence-electron chi connectivity index (χ4n) is 4.26. The van der Waals surface area contributed by atoms with Crippen molar-refractivity contribution in [3.63, 3.8) is 0 Å². The summed E-state index contributed by atoms with van der Waals surface area (Å²) in [6, 6.07) is 12.9. The highest BCUT2D eigenvalue weighted by atomic mass is 35.5. The molecular weight excluding hydrogens is 536 g/mol. The lowest BCUT2D eigenvalue weighted by Gasteiger charge is -2.38. The number of hydrogen-bond donors (Lipinski definition) is 1. The summed E-state index contributed by atoms with van der Waals surface area (Å²) in [6.07, 6.45) is 0.387. The Hall–Kier alpha value is -2.77. The third-order valence-corrected chi connectivity index (χ3v) is 7.43. The first kappa shape index (κ1) is 29.8. The molecule has 3 rings (SSSR count). The minimum absolute atomic E-state index is 0.0515. The van der Waals surface area contributed by atoms with Crippen molar-refractivity contribution in [1.29, 1.82) is 0 Å². The Morgan fingerprint density at radius 3 is 2.26 bits per heavy atom. The second-order valence-electron chi connectivity index (χ2n) is 10.4. The number of allylic oxidation sites excluding steroid dienone is 2. The van der Waals surface area contributed by atoms with Crippen LogP contribution in [-0.4, -0.2) is 28.3 Å². The molecule has 204 valence electrons. The Morgan fingerprint density at radius 1 is 1.03 bits per heavy atom. The molecule has 0 saturated carbocycles. The van der Waals surface area contributed by atoms with Gasteiger partial charge in [0.2, 0.25) is 11.8 Å². The maximum absolute atomic E-state index is 13.9. The molecular formula is C29H31Cl2F3N2O2. The second kappa shape index (κ2) is 11.5. The number of nitrogens with one attached hydrogen (secondary N) is 1. The van der Waals surface area contributed by atoms with Crippen molar-refractivity contribution in [3.8, 4) is 0 Å². The summed E-state index contributed by atoms with van der Waals surface area (Å²) in [5.41, 5.74) is 1.61. The Bertz CT molecular complexity index is 1230. The lowest BCUT2D eigenvalue weighted by Crippen LogP contribution is -2.55. The quantitative estimate of drug-likeness (QED) is 0.291. The summed E-state index contributed by atoms with van der Waals surface area (Å²) < 4.78 is 39.7. The molecule has 2 aromatic carbocycles. The molecule has 4 nitrogen and oxygen atoms in total. The molecule has 2 atom stereocenters. The van der Waals surface area contributed by atoms with Gasteiger partial charge in [-0.05, 0) is 40.7 Å². The van der Waals surface area contributed by atoms with Crippen molar-refractivity contribution in [3.05, 3.63) is 94.0 Å². The molecule has 1 aliphatic rings. The molecule has 1 N–H and O–H groups in total. The molecule has 0 heterocycles. The number of halogens is 5. The van der Waals surface area contributed by atoms with Gasteiger partial charge in [0.25, 0.3) is 0 Å². The zero-order valence-electron chi connectivity index (χ0n) is 21.7. The number of rotatable bonds is 7. The van der Waals surface area contributed by atoms with Gasteiger partial charge in [-0.3, -0.25) is 9.59 Å². The van der Waals surface area contributed by atoms with Gasteiger partial charge in [-0.25, -0.2) is 0 Å². The number of alkyl halides is 4. The van der Waals surface area contributed by atoms with Gasteiger partial charge in [0.15, 0.2) is 5.00 Å². The fourth-order valence-corrected chi connectivity index (χ4v) is 4.86. The highest BCUT2D eigenvalue weighted by molar-refractivity contribution is 6.41. The van der Waals surface area contributed by atoms with E-state index < -0.39 is 34.5 Å². The highest BCUT2D eigenvalue weighted by Gasteiger charge is 2.46. The lowest BCUT2D eigenvalue weighted by molar-refractivity contribution is -0.138. The van der Waals surface area contributed by atoms with Gasteiger partial charge < -0.3 is 10.2 Å². The van der Waals surface area contributed by atoms with Crippen LogP contribution in [0.15, 0.2) is 71.8 Å². The molecule has 38 heavy (non-hydrogen) atoms. The van der Waals surface area contributed by atoms with E-state index in [1.807, 2.05) is 24.3 Å². The van der Waals surface area contributed by atoms with Gasteiger partial charge in [0.1, 0.15) is 0 Å². The first-order valence-corrected chi connectivity index (χ1v) is 12.9. The van der Waals surface area contributed by atoms with E-state index in [1.54, 1.807) is 18.2 Å². The molecule has 0 bridgehead atoms. The number of carbonyl (C=O) groups is 2. The van der Waals surface area contributed by atoms with Gasteiger partial charge in [0, 0.05) is 20.0 Å². The van der Waals surface area contributed by atoms with E-state index in [0.717, 1.165) is 23.3 Å². The monoisotopic (exact) mass is 566 g/mol. The van der Waals surface area contributed by atoms with Crippen LogP contribution in [0.5, 0.6) is 0 Å². The topological polar surface area (TPSA) is 49.4 Å². The molecule has 0 radical (unpaired) electrons. The van der Waals surface area contributed by atoms with Crippen LogP contribution in [0, 0.1) is 5.92 Å². The van der Waals surface area contributed by atoms with Gasteiger partial charge in [-0.2, -0.15) is 13.2 Å². The van der Waals surface area contributed by atoms with Crippen LogP contribution in [0.25, 0.3) is 0 Å². The Kier molecular flexibility index (Phi) is 9.04. The van der Waals surface area contributed by atoms with Crippen molar-refractivity contribution >= 4 is 35.0 Å². The predicted octanol–water partition coefficient (Wildman–Crippen LogP) is 6.95. The van der Waals surface area contributed by atoms with Crippen LogP contribution >= 0.6 is 23.2 Å². The minimum atomic E-state index is -4.47. The lowest BCUT2D eigenvalue weighted by atomic mass is 9.86. The van der Waals surface area contributed by atoms with Crippen LogP contribution < -0.4 is 5.32 Å². The molecule has 0 saturated heterocycles. The first-order chi connectivity index (χ1) is 17.6. The molecule has 0 fully saturated rings. The van der Waals surface area contributed by atoms with Crippen LogP contribution in [0.2, 0.25) is 0 Å². The van der Waals surface area contributed by atoms with E-state index in [9.17, 15) is 22.8 Å². The molecule has 2 unspecified atom stereocenters. The molecule has 0 aromatic heterocycles. The van der Waals surface area contributed by atoms with E-state index in [2.05, 4.69) is 26.1 Å². The summed E-state index contributed by atoms with van der Waals surface area (Å²) in [5, 5.41) is 2.67. The van der Waals surface area contributed by atoms with Gasteiger partial charge in [-0.15, -0.1) is 0 Å². The van der Waals surface area contributed by atoms with Crippen molar-refractivity contribution < 1.29 is 22.8 Å². The zero-order valence-corrected chi connectivity index (χ0v) is 23.2. The normalized spacial score (nSPS) is 19.6. The molecule has 9 heteroatoms. The second-order valence-corrected chi connectivity index (χ2v) is 11.4. The summed E-state index contributed by atoms with van der Waals surface area (Å²) in [4.78, 5) is 25.7. The van der Waals surface area contributed by atoms with Crippen molar-refractivity contribution in [2.24, 2.45) is 5.92 Å². The van der Waals surface area contributed by atoms with Crippen molar-refractivity contribution in [2.45, 2.75) is 57.2 Å². The van der Waals surface area contributed by atoms with Gasteiger partial charge in [0.05, 0.1) is 16.5 Å². The van der Waals surface area contributed by atoms with E-state index in [1.165, 1.54) is 24.0 Å². The SMILES string of the molecule is CC(=O)NC1(Cl)C(Cl)=CC=CC1C(=O)N(CCc1cccc(C(F)(F)F)c1)Cc1ccc(C(C)(C)C)cc1. The van der Waals surface area contributed by atoms with Crippen molar-refractivity contribution in [2.75, 3.05) is 6.54 Å². The average Bonchev–Trinajstić information content (AvgIpc) is 2.82. The maximum Gasteiger partial charge on any atom is 0.416 e. The van der Waals surface area contributed by atoms with Gasteiger partial charge >= 0.3 is 6.18 Å². The van der Waals surface area contributed by atoms with Crippen LogP contribution in [0.1, 0.15) is 49.9 Å². The van der Waals surface area contributed by atoms with Crippen LogP contribution in [0.4, 0.5) is 13.2 Å². The number of carbonyl (C=O) groups excluding carboxylic acids is 2. The Morgan fingerprint density at radius 2 is 1.68 bits per heavy atom.